The Bertz CT molecular complexity index is 699. The van der Waals surface area contributed by atoms with E-state index in [0.717, 1.165) is 17.7 Å². The van der Waals surface area contributed by atoms with Crippen molar-refractivity contribution >= 4 is 39.8 Å². The minimum atomic E-state index is 0.633. The molecule has 0 amide bonds. The van der Waals surface area contributed by atoms with E-state index in [1.54, 1.807) is 6.07 Å². The zero-order valence-corrected chi connectivity index (χ0v) is 11.6. The Morgan fingerprint density at radius 3 is 2.53 bits per heavy atom. The number of aromatic nitrogens is 1. The molecule has 2 nitrogen and oxygen atoms in total. The maximum atomic E-state index is 5.98. The van der Waals surface area contributed by atoms with Crippen LogP contribution < -0.4 is 5.32 Å². The Hall–Kier alpha value is -1.64. The number of para-hydroxylation sites is 1. The van der Waals surface area contributed by atoms with Crippen molar-refractivity contribution in [3.8, 4) is 0 Å². The lowest BCUT2D eigenvalue weighted by molar-refractivity contribution is 1.16. The molecule has 0 saturated carbocycles. The van der Waals surface area contributed by atoms with Crippen LogP contribution in [0.25, 0.3) is 10.9 Å². The molecule has 0 atom stereocenters. The molecule has 0 bridgehead atoms. The van der Waals surface area contributed by atoms with E-state index in [0.29, 0.717) is 10.0 Å². The Morgan fingerprint density at radius 1 is 1.00 bits per heavy atom. The maximum Gasteiger partial charge on any atom is 0.0457 e. The summed E-state index contributed by atoms with van der Waals surface area (Å²) < 4.78 is 0. The fourth-order valence-corrected chi connectivity index (χ4v) is 2.66. The van der Waals surface area contributed by atoms with Crippen molar-refractivity contribution in [2.24, 2.45) is 0 Å². The van der Waals surface area contributed by atoms with Crippen molar-refractivity contribution in [2.75, 3.05) is 5.32 Å². The summed E-state index contributed by atoms with van der Waals surface area (Å²) in [5, 5.41) is 5.82. The van der Waals surface area contributed by atoms with Crippen molar-refractivity contribution in [2.45, 2.75) is 6.54 Å². The summed E-state index contributed by atoms with van der Waals surface area (Å²) in [6.45, 7) is 0.723. The van der Waals surface area contributed by atoms with Gasteiger partial charge in [0.25, 0.3) is 0 Å². The minimum Gasteiger partial charge on any atom is -0.381 e. The highest BCUT2D eigenvalue weighted by molar-refractivity contribution is 6.35. The summed E-state index contributed by atoms with van der Waals surface area (Å²) >= 11 is 12.0. The van der Waals surface area contributed by atoms with Gasteiger partial charge in [0, 0.05) is 39.4 Å². The smallest absolute Gasteiger partial charge is 0.0457 e. The predicted octanol–water partition coefficient (Wildman–Crippen LogP) is 5.09. The molecule has 2 N–H and O–H groups in total. The highest BCUT2D eigenvalue weighted by Gasteiger charge is 2.03. The summed E-state index contributed by atoms with van der Waals surface area (Å²) in [5.74, 6) is 0. The molecule has 4 heteroatoms. The molecule has 0 saturated heterocycles. The molecule has 0 radical (unpaired) electrons. The van der Waals surface area contributed by atoms with Crippen LogP contribution >= 0.6 is 23.2 Å². The second kappa shape index (κ2) is 5.16. The average Bonchev–Trinajstić information content (AvgIpc) is 2.78. The van der Waals surface area contributed by atoms with Crippen molar-refractivity contribution in [1.82, 2.24) is 4.98 Å². The SMILES string of the molecule is Clc1cc(Cl)cc(NCc2c[nH]c3ccccc23)c1. The minimum absolute atomic E-state index is 0.633. The highest BCUT2D eigenvalue weighted by Crippen LogP contribution is 2.24. The number of anilines is 1. The monoisotopic (exact) mass is 290 g/mol. The number of nitrogens with one attached hydrogen (secondary N) is 2. The maximum absolute atomic E-state index is 5.98. The van der Waals surface area contributed by atoms with Gasteiger partial charge in [0.15, 0.2) is 0 Å². The van der Waals surface area contributed by atoms with E-state index in [2.05, 4.69) is 22.4 Å². The van der Waals surface area contributed by atoms with E-state index in [-0.39, 0.29) is 0 Å². The first-order valence-electron chi connectivity index (χ1n) is 5.97. The summed E-state index contributed by atoms with van der Waals surface area (Å²) in [6.07, 6.45) is 2.02. The Kier molecular flexibility index (Phi) is 3.36. The number of hydrogen-bond donors (Lipinski definition) is 2. The lowest BCUT2D eigenvalue weighted by atomic mass is 10.2. The molecule has 3 rings (SSSR count). The largest absolute Gasteiger partial charge is 0.381 e. The van der Waals surface area contributed by atoms with Crippen LogP contribution in [0.3, 0.4) is 0 Å². The molecule has 0 aliphatic heterocycles. The first-order chi connectivity index (χ1) is 9.22. The first-order valence-corrected chi connectivity index (χ1v) is 6.73. The Morgan fingerprint density at radius 2 is 1.74 bits per heavy atom. The lowest BCUT2D eigenvalue weighted by Crippen LogP contribution is -1.98. The van der Waals surface area contributed by atoms with Crippen molar-refractivity contribution in [3.63, 3.8) is 0 Å². The first kappa shape index (κ1) is 12.4. The molecule has 19 heavy (non-hydrogen) atoms. The van der Waals surface area contributed by atoms with E-state index in [9.17, 15) is 0 Å². The fraction of sp³-hybridized carbons (Fsp3) is 0.0667. The number of benzene rings is 2. The van der Waals surface area contributed by atoms with Gasteiger partial charge in [-0.3, -0.25) is 0 Å². The molecule has 0 spiro atoms. The Labute approximate surface area is 121 Å². The van der Waals surface area contributed by atoms with Crippen molar-refractivity contribution in [1.29, 1.82) is 0 Å². The molecule has 0 aliphatic rings. The summed E-state index contributed by atoms with van der Waals surface area (Å²) in [6, 6.07) is 13.7. The van der Waals surface area contributed by atoms with Crippen LogP contribution in [-0.4, -0.2) is 4.98 Å². The highest BCUT2D eigenvalue weighted by atomic mass is 35.5. The normalized spacial score (nSPS) is 10.8. The van der Waals surface area contributed by atoms with E-state index in [1.165, 1.54) is 10.9 Å². The summed E-state index contributed by atoms with van der Waals surface area (Å²) in [4.78, 5) is 3.26. The van der Waals surface area contributed by atoms with Crippen LogP contribution in [0.15, 0.2) is 48.7 Å². The number of H-pyrrole nitrogens is 1. The third kappa shape index (κ3) is 2.70. The molecule has 1 aromatic heterocycles. The van der Waals surface area contributed by atoms with Crippen LogP contribution in [0, 0.1) is 0 Å². The zero-order valence-electron chi connectivity index (χ0n) is 10.1. The van der Waals surface area contributed by atoms with E-state index in [4.69, 9.17) is 23.2 Å². The third-order valence-corrected chi connectivity index (χ3v) is 3.46. The van der Waals surface area contributed by atoms with Crippen molar-refractivity contribution < 1.29 is 0 Å². The number of aromatic amines is 1. The molecule has 0 aliphatic carbocycles. The van der Waals surface area contributed by atoms with Crippen molar-refractivity contribution in [3.05, 3.63) is 64.3 Å². The van der Waals surface area contributed by atoms with E-state index in [1.807, 2.05) is 30.5 Å². The molecular formula is C15H12Cl2N2. The standard InChI is InChI=1S/C15H12Cl2N2/c16-11-5-12(17)7-13(6-11)18-8-10-9-19-15-4-2-1-3-14(10)15/h1-7,9,18-19H,8H2. The molecule has 0 unspecified atom stereocenters. The van der Waals surface area contributed by atoms with Crippen LogP contribution in [0.4, 0.5) is 5.69 Å². The zero-order chi connectivity index (χ0) is 13.2. The number of halogens is 2. The number of hydrogen-bond acceptors (Lipinski definition) is 1. The Balaban J connectivity index is 1.82. The molecule has 0 fully saturated rings. The van der Waals surface area contributed by atoms with Gasteiger partial charge in [0.1, 0.15) is 0 Å². The molecule has 3 aromatic rings. The lowest BCUT2D eigenvalue weighted by Gasteiger charge is -2.07. The quantitative estimate of drug-likeness (QED) is 0.691. The van der Waals surface area contributed by atoms with Gasteiger partial charge < -0.3 is 10.3 Å². The molecular weight excluding hydrogens is 279 g/mol. The molecule has 1 heterocycles. The summed E-state index contributed by atoms with van der Waals surface area (Å²) in [7, 11) is 0. The summed E-state index contributed by atoms with van der Waals surface area (Å²) in [5.41, 5.74) is 3.28. The number of rotatable bonds is 3. The van der Waals surface area contributed by atoms with E-state index < -0.39 is 0 Å². The van der Waals surface area contributed by atoms with Crippen LogP contribution in [0.2, 0.25) is 10.0 Å². The van der Waals surface area contributed by atoms with Crippen LogP contribution in [-0.2, 0) is 6.54 Å². The van der Waals surface area contributed by atoms with Gasteiger partial charge in [0.2, 0.25) is 0 Å². The fourth-order valence-electron chi connectivity index (χ4n) is 2.13. The second-order valence-corrected chi connectivity index (χ2v) is 5.24. The van der Waals surface area contributed by atoms with Gasteiger partial charge >= 0.3 is 0 Å². The third-order valence-electron chi connectivity index (χ3n) is 3.02. The van der Waals surface area contributed by atoms with Gasteiger partial charge in [-0.1, -0.05) is 41.4 Å². The number of fused-ring (bicyclic) bond motifs is 1. The second-order valence-electron chi connectivity index (χ2n) is 4.37. The van der Waals surface area contributed by atoms with Crippen LogP contribution in [0.1, 0.15) is 5.56 Å². The topological polar surface area (TPSA) is 27.8 Å². The average molecular weight is 291 g/mol. The van der Waals surface area contributed by atoms with Gasteiger partial charge in [-0.25, -0.2) is 0 Å². The van der Waals surface area contributed by atoms with Gasteiger partial charge in [-0.15, -0.1) is 0 Å². The van der Waals surface area contributed by atoms with Crippen LogP contribution in [0.5, 0.6) is 0 Å². The predicted molar refractivity (Wildman–Crippen MR) is 82.1 cm³/mol. The molecule has 96 valence electrons. The van der Waals surface area contributed by atoms with E-state index >= 15 is 0 Å². The van der Waals surface area contributed by atoms with Gasteiger partial charge in [-0.05, 0) is 29.8 Å². The van der Waals surface area contributed by atoms with Gasteiger partial charge in [-0.2, -0.15) is 0 Å². The molecule has 2 aromatic carbocycles. The van der Waals surface area contributed by atoms with Gasteiger partial charge in [0.05, 0.1) is 0 Å².